The highest BCUT2D eigenvalue weighted by Crippen LogP contribution is 2.29. The van der Waals surface area contributed by atoms with Crippen molar-refractivity contribution in [3.63, 3.8) is 0 Å². The van der Waals surface area contributed by atoms with Crippen LogP contribution < -0.4 is 16.6 Å². The van der Waals surface area contributed by atoms with E-state index in [2.05, 4.69) is 10.3 Å². The lowest BCUT2D eigenvalue weighted by atomic mass is 10.1. The van der Waals surface area contributed by atoms with Crippen LogP contribution in [0.2, 0.25) is 0 Å². The average molecular weight is 299 g/mol. The molecule has 9 heteroatoms. The Labute approximate surface area is 114 Å². The molecular formula is C12H8F3N3O3. The number of anilines is 1. The van der Waals surface area contributed by atoms with Crippen LogP contribution in [0.1, 0.15) is 15.9 Å². The van der Waals surface area contributed by atoms with Gasteiger partial charge in [-0.25, -0.2) is 4.79 Å². The number of hydrogen-bond acceptors (Lipinski definition) is 3. The molecule has 0 fully saturated rings. The summed E-state index contributed by atoms with van der Waals surface area (Å²) in [4.78, 5) is 37.9. The number of carbonyl (C=O) groups excluding carboxylic acids is 1. The first kappa shape index (κ1) is 14.6. The molecule has 21 heavy (non-hydrogen) atoms. The predicted molar refractivity (Wildman–Crippen MR) is 67.1 cm³/mol. The summed E-state index contributed by atoms with van der Waals surface area (Å²) in [6.07, 6.45) is -4.49. The van der Waals surface area contributed by atoms with E-state index in [0.717, 1.165) is 30.3 Å². The standard InChI is InChI=1S/C12H8F3N3O3/c13-12(14,15)7-3-1-6(2-4-7)10(20)16-8-5-9(19)18-11(21)17-8/h1-5H,(H3,16,17,18,19,20,21). The Hall–Kier alpha value is -2.84. The number of hydrogen-bond donors (Lipinski definition) is 3. The fraction of sp³-hybridized carbons (Fsp3) is 0.0833. The topological polar surface area (TPSA) is 94.8 Å². The van der Waals surface area contributed by atoms with Gasteiger partial charge in [0.1, 0.15) is 5.82 Å². The molecule has 0 aliphatic rings. The number of aromatic nitrogens is 2. The monoisotopic (exact) mass is 299 g/mol. The molecule has 1 aromatic carbocycles. The van der Waals surface area contributed by atoms with Crippen molar-refractivity contribution in [2.24, 2.45) is 0 Å². The van der Waals surface area contributed by atoms with Gasteiger partial charge in [0.25, 0.3) is 11.5 Å². The molecule has 1 aromatic heterocycles. The van der Waals surface area contributed by atoms with E-state index in [1.807, 2.05) is 4.98 Å². The van der Waals surface area contributed by atoms with Crippen molar-refractivity contribution in [2.75, 3.05) is 5.32 Å². The molecule has 0 radical (unpaired) electrons. The van der Waals surface area contributed by atoms with Crippen molar-refractivity contribution in [1.82, 2.24) is 9.97 Å². The van der Waals surface area contributed by atoms with Gasteiger partial charge in [0.05, 0.1) is 5.56 Å². The Balaban J connectivity index is 2.21. The Morgan fingerprint density at radius 3 is 2.19 bits per heavy atom. The first-order valence-electron chi connectivity index (χ1n) is 5.58. The molecule has 0 atom stereocenters. The minimum atomic E-state index is -4.49. The van der Waals surface area contributed by atoms with E-state index in [0.29, 0.717) is 0 Å². The van der Waals surface area contributed by atoms with E-state index < -0.39 is 28.9 Å². The molecule has 2 aromatic rings. The van der Waals surface area contributed by atoms with Crippen LogP contribution in [0.3, 0.4) is 0 Å². The third-order valence-corrected chi connectivity index (χ3v) is 2.48. The summed E-state index contributed by atoms with van der Waals surface area (Å²) in [7, 11) is 0. The van der Waals surface area contributed by atoms with Crippen molar-refractivity contribution < 1.29 is 18.0 Å². The molecule has 3 N–H and O–H groups in total. The van der Waals surface area contributed by atoms with Gasteiger partial charge in [-0.15, -0.1) is 0 Å². The van der Waals surface area contributed by atoms with E-state index >= 15 is 0 Å². The quantitative estimate of drug-likeness (QED) is 0.780. The molecule has 0 saturated heterocycles. The van der Waals surface area contributed by atoms with Gasteiger partial charge < -0.3 is 5.32 Å². The lowest BCUT2D eigenvalue weighted by Gasteiger charge is -2.08. The molecule has 0 unspecified atom stereocenters. The molecular weight excluding hydrogens is 291 g/mol. The van der Waals surface area contributed by atoms with Crippen molar-refractivity contribution in [3.05, 3.63) is 62.3 Å². The Kier molecular flexibility index (Phi) is 3.66. The number of amides is 1. The summed E-state index contributed by atoms with van der Waals surface area (Å²) in [5.74, 6) is -0.918. The smallest absolute Gasteiger partial charge is 0.308 e. The fourth-order valence-electron chi connectivity index (χ4n) is 1.54. The summed E-state index contributed by atoms with van der Waals surface area (Å²) >= 11 is 0. The van der Waals surface area contributed by atoms with E-state index in [1.165, 1.54) is 0 Å². The van der Waals surface area contributed by atoms with Crippen LogP contribution in [0, 0.1) is 0 Å². The number of H-pyrrole nitrogens is 2. The van der Waals surface area contributed by atoms with Gasteiger partial charge in [0.15, 0.2) is 0 Å². The zero-order valence-electron chi connectivity index (χ0n) is 10.2. The fourth-order valence-corrected chi connectivity index (χ4v) is 1.54. The predicted octanol–water partition coefficient (Wildman–Crippen LogP) is 1.33. The van der Waals surface area contributed by atoms with Gasteiger partial charge in [0.2, 0.25) is 0 Å². The summed E-state index contributed by atoms with van der Waals surface area (Å²) in [5, 5.41) is 2.20. The second kappa shape index (κ2) is 5.27. The lowest BCUT2D eigenvalue weighted by Crippen LogP contribution is -2.24. The first-order valence-corrected chi connectivity index (χ1v) is 5.58. The normalized spacial score (nSPS) is 11.2. The molecule has 0 aliphatic heterocycles. The van der Waals surface area contributed by atoms with E-state index in [4.69, 9.17) is 0 Å². The zero-order valence-corrected chi connectivity index (χ0v) is 10.2. The van der Waals surface area contributed by atoms with Crippen molar-refractivity contribution in [3.8, 4) is 0 Å². The molecule has 0 bridgehead atoms. The second-order valence-electron chi connectivity index (χ2n) is 4.03. The number of nitrogens with one attached hydrogen (secondary N) is 3. The van der Waals surface area contributed by atoms with Gasteiger partial charge in [-0.1, -0.05) is 0 Å². The number of aromatic amines is 2. The van der Waals surface area contributed by atoms with E-state index in [9.17, 15) is 27.6 Å². The van der Waals surface area contributed by atoms with Gasteiger partial charge in [-0.05, 0) is 24.3 Å². The van der Waals surface area contributed by atoms with Gasteiger partial charge in [-0.3, -0.25) is 19.6 Å². The molecule has 1 amide bonds. The summed E-state index contributed by atoms with van der Waals surface area (Å²) in [6, 6.07) is 4.43. The summed E-state index contributed by atoms with van der Waals surface area (Å²) in [5.41, 5.74) is -2.47. The SMILES string of the molecule is O=C(Nc1cc(=O)[nH]c(=O)[nH]1)c1ccc(C(F)(F)F)cc1. The maximum absolute atomic E-state index is 12.4. The van der Waals surface area contributed by atoms with Crippen LogP contribution in [-0.2, 0) is 6.18 Å². The maximum atomic E-state index is 12.4. The lowest BCUT2D eigenvalue weighted by molar-refractivity contribution is -0.137. The minimum Gasteiger partial charge on any atom is -0.308 e. The molecule has 0 spiro atoms. The molecule has 0 saturated carbocycles. The average Bonchev–Trinajstić information content (AvgIpc) is 2.36. The number of halogens is 3. The van der Waals surface area contributed by atoms with Gasteiger partial charge in [0, 0.05) is 11.6 Å². The third-order valence-electron chi connectivity index (χ3n) is 2.48. The van der Waals surface area contributed by atoms with Crippen LogP contribution in [0.5, 0.6) is 0 Å². The van der Waals surface area contributed by atoms with Crippen molar-refractivity contribution in [1.29, 1.82) is 0 Å². The van der Waals surface area contributed by atoms with E-state index in [-0.39, 0.29) is 11.4 Å². The summed E-state index contributed by atoms with van der Waals surface area (Å²) < 4.78 is 37.1. The van der Waals surface area contributed by atoms with Crippen LogP contribution >= 0.6 is 0 Å². The minimum absolute atomic E-state index is 0.0517. The van der Waals surface area contributed by atoms with Crippen LogP contribution in [-0.4, -0.2) is 15.9 Å². The van der Waals surface area contributed by atoms with Crippen molar-refractivity contribution in [2.45, 2.75) is 6.18 Å². The molecule has 1 heterocycles. The van der Waals surface area contributed by atoms with Gasteiger partial charge in [-0.2, -0.15) is 13.2 Å². The second-order valence-corrected chi connectivity index (χ2v) is 4.03. The maximum Gasteiger partial charge on any atom is 0.416 e. The molecule has 2 rings (SSSR count). The largest absolute Gasteiger partial charge is 0.416 e. The Bertz CT molecular complexity index is 747. The highest BCUT2D eigenvalue weighted by atomic mass is 19.4. The summed E-state index contributed by atoms with van der Waals surface area (Å²) in [6.45, 7) is 0. The highest BCUT2D eigenvalue weighted by molar-refractivity contribution is 6.03. The Morgan fingerprint density at radius 2 is 1.67 bits per heavy atom. The number of rotatable bonds is 2. The molecule has 0 aliphatic carbocycles. The molecule has 110 valence electrons. The Morgan fingerprint density at radius 1 is 1.05 bits per heavy atom. The number of benzene rings is 1. The van der Waals surface area contributed by atoms with Crippen LogP contribution in [0.4, 0.5) is 19.0 Å². The van der Waals surface area contributed by atoms with Crippen LogP contribution in [0.15, 0.2) is 39.9 Å². The van der Waals surface area contributed by atoms with Gasteiger partial charge >= 0.3 is 11.9 Å². The highest BCUT2D eigenvalue weighted by Gasteiger charge is 2.30. The van der Waals surface area contributed by atoms with E-state index in [1.54, 1.807) is 0 Å². The van der Waals surface area contributed by atoms with Crippen molar-refractivity contribution >= 4 is 11.7 Å². The molecule has 6 nitrogen and oxygen atoms in total. The van der Waals surface area contributed by atoms with Crippen LogP contribution in [0.25, 0.3) is 0 Å². The zero-order chi connectivity index (χ0) is 15.6. The third kappa shape index (κ3) is 3.59. The number of alkyl halides is 3. The first-order chi connectivity index (χ1) is 9.75. The number of carbonyl (C=O) groups is 1.